The lowest BCUT2D eigenvalue weighted by Gasteiger charge is -2.34. The molecule has 1 saturated carbocycles. The lowest BCUT2D eigenvalue weighted by atomic mass is 9.94. The predicted molar refractivity (Wildman–Crippen MR) is 151 cm³/mol. The molecule has 1 fully saturated rings. The van der Waals surface area contributed by atoms with Crippen molar-refractivity contribution in [3.63, 3.8) is 0 Å². The number of amides is 2. The number of nitrogens with zero attached hydrogens (tertiary/aromatic N) is 1. The molecule has 1 aliphatic rings. The number of rotatable bonds is 9. The van der Waals surface area contributed by atoms with Crippen molar-refractivity contribution in [1.82, 2.24) is 10.2 Å². The van der Waals surface area contributed by atoms with E-state index in [-0.39, 0.29) is 30.8 Å². The summed E-state index contributed by atoms with van der Waals surface area (Å²) in [5, 5.41) is 4.77. The molecule has 0 spiro atoms. The summed E-state index contributed by atoms with van der Waals surface area (Å²) in [6.07, 6.45) is 5.81. The second-order valence-electron chi connectivity index (χ2n) is 9.57. The van der Waals surface area contributed by atoms with Gasteiger partial charge in [-0.05, 0) is 48.2 Å². The van der Waals surface area contributed by atoms with Crippen LogP contribution in [0, 0.1) is 0 Å². The fourth-order valence-electron chi connectivity index (χ4n) is 4.83. The van der Waals surface area contributed by atoms with Gasteiger partial charge in [0.15, 0.2) is 0 Å². The van der Waals surface area contributed by atoms with Crippen LogP contribution < -0.4 is 5.32 Å². The zero-order chi connectivity index (χ0) is 26.2. The SMILES string of the molecule is O=C(NC1CCCCC1)[C@H](Cc1ccccc1)N(Cc1c(Cl)cccc1Cl)C(=O)Cc1ccc(Cl)cc1. The van der Waals surface area contributed by atoms with Crippen molar-refractivity contribution in [2.75, 3.05) is 0 Å². The monoisotopic (exact) mass is 556 g/mol. The third-order valence-corrected chi connectivity index (χ3v) is 7.84. The van der Waals surface area contributed by atoms with E-state index in [4.69, 9.17) is 34.8 Å². The topological polar surface area (TPSA) is 49.4 Å². The van der Waals surface area contributed by atoms with Gasteiger partial charge in [-0.3, -0.25) is 9.59 Å². The van der Waals surface area contributed by atoms with Crippen LogP contribution in [0.5, 0.6) is 0 Å². The van der Waals surface area contributed by atoms with Gasteiger partial charge in [0, 0.05) is 39.6 Å². The van der Waals surface area contributed by atoms with E-state index in [1.165, 1.54) is 6.42 Å². The minimum atomic E-state index is -0.725. The van der Waals surface area contributed by atoms with Gasteiger partial charge in [-0.2, -0.15) is 0 Å². The molecule has 4 rings (SSSR count). The van der Waals surface area contributed by atoms with Gasteiger partial charge in [0.1, 0.15) is 6.04 Å². The summed E-state index contributed by atoms with van der Waals surface area (Å²) in [6.45, 7) is 0.126. The largest absolute Gasteiger partial charge is 0.352 e. The van der Waals surface area contributed by atoms with Crippen molar-refractivity contribution in [3.8, 4) is 0 Å². The van der Waals surface area contributed by atoms with Gasteiger partial charge in [0.05, 0.1) is 6.42 Å². The molecule has 1 aliphatic carbocycles. The molecular formula is C30H31Cl3N2O2. The molecule has 0 saturated heterocycles. The third-order valence-electron chi connectivity index (χ3n) is 6.88. The van der Waals surface area contributed by atoms with Crippen LogP contribution in [-0.4, -0.2) is 28.8 Å². The molecule has 7 heteroatoms. The van der Waals surface area contributed by atoms with Crippen LogP contribution in [0.4, 0.5) is 0 Å². The summed E-state index contributed by atoms with van der Waals surface area (Å²) >= 11 is 19.1. The summed E-state index contributed by atoms with van der Waals surface area (Å²) in [4.78, 5) is 29.3. The normalized spacial score (nSPS) is 14.7. The Kier molecular flexibility index (Phi) is 9.90. The molecule has 2 amide bonds. The number of carbonyl (C=O) groups excluding carboxylic acids is 2. The Hall–Kier alpha value is -2.53. The molecule has 0 aromatic heterocycles. The Morgan fingerprint density at radius 3 is 2.11 bits per heavy atom. The average Bonchev–Trinajstić information content (AvgIpc) is 2.90. The molecule has 3 aromatic rings. The summed E-state index contributed by atoms with van der Waals surface area (Å²) < 4.78 is 0. The van der Waals surface area contributed by atoms with Crippen molar-refractivity contribution >= 4 is 46.6 Å². The molecule has 0 bridgehead atoms. The van der Waals surface area contributed by atoms with Crippen molar-refractivity contribution in [2.24, 2.45) is 0 Å². The number of carbonyl (C=O) groups is 2. The van der Waals surface area contributed by atoms with Crippen molar-refractivity contribution in [2.45, 2.75) is 63.6 Å². The Morgan fingerprint density at radius 1 is 0.811 bits per heavy atom. The van der Waals surface area contributed by atoms with Gasteiger partial charge in [-0.15, -0.1) is 0 Å². The number of halogens is 3. The van der Waals surface area contributed by atoms with Crippen LogP contribution in [0.3, 0.4) is 0 Å². The minimum Gasteiger partial charge on any atom is -0.352 e. The van der Waals surface area contributed by atoms with Crippen LogP contribution >= 0.6 is 34.8 Å². The maximum atomic E-state index is 13.9. The van der Waals surface area contributed by atoms with Gasteiger partial charge >= 0.3 is 0 Å². The van der Waals surface area contributed by atoms with Crippen LogP contribution in [0.2, 0.25) is 15.1 Å². The van der Waals surface area contributed by atoms with E-state index in [9.17, 15) is 9.59 Å². The first-order valence-electron chi connectivity index (χ1n) is 12.7. The number of nitrogens with one attached hydrogen (secondary N) is 1. The van der Waals surface area contributed by atoms with E-state index >= 15 is 0 Å². The molecule has 37 heavy (non-hydrogen) atoms. The fraction of sp³-hybridized carbons (Fsp3) is 0.333. The Morgan fingerprint density at radius 2 is 1.46 bits per heavy atom. The van der Waals surface area contributed by atoms with Crippen molar-refractivity contribution in [1.29, 1.82) is 0 Å². The maximum absolute atomic E-state index is 13.9. The summed E-state index contributed by atoms with van der Waals surface area (Å²) in [5.74, 6) is -0.332. The quantitative estimate of drug-likeness (QED) is 0.301. The van der Waals surface area contributed by atoms with Gasteiger partial charge < -0.3 is 10.2 Å². The highest BCUT2D eigenvalue weighted by molar-refractivity contribution is 6.36. The number of hydrogen-bond acceptors (Lipinski definition) is 2. The van der Waals surface area contributed by atoms with E-state index in [1.807, 2.05) is 42.5 Å². The molecule has 1 N–H and O–H groups in total. The number of benzene rings is 3. The third kappa shape index (κ3) is 7.73. The average molecular weight is 558 g/mol. The van der Waals surface area contributed by atoms with E-state index in [1.54, 1.807) is 35.2 Å². The summed E-state index contributed by atoms with van der Waals surface area (Å²) in [6, 6.07) is 21.6. The van der Waals surface area contributed by atoms with Gasteiger partial charge in [0.25, 0.3) is 0 Å². The highest BCUT2D eigenvalue weighted by atomic mass is 35.5. The second-order valence-corrected chi connectivity index (χ2v) is 10.8. The molecule has 3 aromatic carbocycles. The molecular weight excluding hydrogens is 527 g/mol. The highest BCUT2D eigenvalue weighted by Crippen LogP contribution is 2.28. The molecule has 1 atom stereocenters. The van der Waals surface area contributed by atoms with Crippen LogP contribution in [0.25, 0.3) is 0 Å². The van der Waals surface area contributed by atoms with Crippen molar-refractivity contribution < 1.29 is 9.59 Å². The van der Waals surface area contributed by atoms with E-state index < -0.39 is 6.04 Å². The standard InChI is InChI=1S/C30H31Cl3N2O2/c31-23-16-14-22(15-17-23)19-29(36)35(20-25-26(32)12-7-13-27(25)33)28(18-21-8-3-1-4-9-21)30(37)34-24-10-5-2-6-11-24/h1,3-4,7-9,12-17,24,28H,2,5-6,10-11,18-20H2,(H,34,37)/t28-/m0/s1. The molecule has 0 unspecified atom stereocenters. The first-order chi connectivity index (χ1) is 17.9. The summed E-state index contributed by atoms with van der Waals surface area (Å²) in [7, 11) is 0. The lowest BCUT2D eigenvalue weighted by molar-refractivity contribution is -0.141. The minimum absolute atomic E-state index is 0.122. The highest BCUT2D eigenvalue weighted by Gasteiger charge is 2.32. The zero-order valence-corrected chi connectivity index (χ0v) is 22.9. The van der Waals surface area contributed by atoms with E-state index in [2.05, 4.69) is 5.32 Å². The first kappa shape index (κ1) is 27.5. The first-order valence-corrected chi connectivity index (χ1v) is 13.8. The molecule has 0 heterocycles. The molecule has 0 radical (unpaired) electrons. The van der Waals surface area contributed by atoms with Gasteiger partial charge in [0.2, 0.25) is 11.8 Å². The maximum Gasteiger partial charge on any atom is 0.243 e. The molecule has 194 valence electrons. The van der Waals surface area contributed by atoms with E-state index in [0.29, 0.717) is 27.1 Å². The Balaban J connectivity index is 1.68. The van der Waals surface area contributed by atoms with Crippen molar-refractivity contribution in [3.05, 3.63) is 105 Å². The fourth-order valence-corrected chi connectivity index (χ4v) is 5.47. The predicted octanol–water partition coefficient (Wildman–Crippen LogP) is 7.28. The zero-order valence-electron chi connectivity index (χ0n) is 20.6. The van der Waals surface area contributed by atoms with Gasteiger partial charge in [-0.25, -0.2) is 0 Å². The van der Waals surface area contributed by atoms with Crippen LogP contribution in [0.1, 0.15) is 48.8 Å². The molecule has 0 aliphatic heterocycles. The summed E-state index contributed by atoms with van der Waals surface area (Å²) in [5.41, 5.74) is 2.41. The Labute approximate surface area is 233 Å². The van der Waals surface area contributed by atoms with Crippen LogP contribution in [0.15, 0.2) is 72.8 Å². The van der Waals surface area contributed by atoms with E-state index in [0.717, 1.165) is 36.8 Å². The Bertz CT molecular complexity index is 1170. The van der Waals surface area contributed by atoms with Gasteiger partial charge in [-0.1, -0.05) is 103 Å². The molecule has 4 nitrogen and oxygen atoms in total. The number of hydrogen-bond donors (Lipinski definition) is 1. The smallest absolute Gasteiger partial charge is 0.243 e. The second kappa shape index (κ2) is 13.3. The van der Waals surface area contributed by atoms with Crippen LogP contribution in [-0.2, 0) is 29.0 Å². The lowest BCUT2D eigenvalue weighted by Crippen LogP contribution is -2.53.